The van der Waals surface area contributed by atoms with E-state index in [0.717, 1.165) is 6.42 Å². The first-order valence-corrected chi connectivity index (χ1v) is 20.7. The van der Waals surface area contributed by atoms with Crippen molar-refractivity contribution in [3.05, 3.63) is 92.2 Å². The van der Waals surface area contributed by atoms with Crippen LogP contribution in [0, 0.1) is 49.9 Å². The number of nitrogens with zero attached hydrogens (tertiary/aromatic N) is 2. The van der Waals surface area contributed by atoms with Gasteiger partial charge in [-0.15, -0.1) is 0 Å². The Hall–Kier alpha value is -6.16. The maximum Gasteiger partial charge on any atom is 0.439 e. The molecule has 5 rings (SSSR count). The highest BCUT2D eigenvalue weighted by molar-refractivity contribution is 7.89. The van der Waals surface area contributed by atoms with Crippen molar-refractivity contribution in [3.63, 3.8) is 0 Å². The van der Waals surface area contributed by atoms with Crippen LogP contribution in [0.1, 0.15) is 60.8 Å². The molecule has 22 heteroatoms. The monoisotopic (exact) mass is 894 g/mol. The third-order valence-electron chi connectivity index (χ3n) is 10.1. The van der Waals surface area contributed by atoms with Crippen LogP contribution >= 0.6 is 0 Å². The number of amides is 3. The van der Waals surface area contributed by atoms with Crippen LogP contribution in [-0.4, -0.2) is 86.0 Å². The van der Waals surface area contributed by atoms with Gasteiger partial charge in [0.1, 0.15) is 17.8 Å². The molecule has 0 aliphatic carbocycles. The molecule has 3 amide bonds. The number of esters is 1. The zero-order chi connectivity index (χ0) is 45.5. The van der Waals surface area contributed by atoms with E-state index in [2.05, 4.69) is 34.8 Å². The number of piperidine rings is 1. The number of carbonyl (C=O) groups is 4. The number of ether oxygens (including phenoxy) is 2. The van der Waals surface area contributed by atoms with Crippen molar-refractivity contribution >= 4 is 33.7 Å². The van der Waals surface area contributed by atoms with Gasteiger partial charge in [0.15, 0.2) is 5.82 Å². The number of rotatable bonds is 17. The smallest absolute Gasteiger partial charge is 0.439 e. The first-order chi connectivity index (χ1) is 29.3. The Kier molecular flexibility index (Phi) is 15.2. The van der Waals surface area contributed by atoms with Crippen LogP contribution in [-0.2, 0) is 35.6 Å². The molecule has 1 aliphatic rings. The Morgan fingerprint density at radius 1 is 0.903 bits per heavy atom. The number of likely N-dealkylation sites (tertiary alicyclic amines) is 1. The summed E-state index contributed by atoms with van der Waals surface area (Å²) in [7, 11) is -3.17. The maximum atomic E-state index is 14.2. The number of hydrogen-bond acceptors (Lipinski definition) is 11. The summed E-state index contributed by atoms with van der Waals surface area (Å²) in [6.07, 6.45) is 0.458. The minimum Gasteiger partial charge on any atom is -0.496 e. The third kappa shape index (κ3) is 11.0. The second-order valence-electron chi connectivity index (χ2n) is 14.5. The largest absolute Gasteiger partial charge is 0.496 e. The quantitative estimate of drug-likeness (QED) is 0.0297. The number of aromatic amines is 1. The van der Waals surface area contributed by atoms with Crippen molar-refractivity contribution in [1.29, 1.82) is 0 Å². The molecule has 0 bridgehead atoms. The SMILES string of the molecule is COc1cc(C)c(S(=O)(=O)N[C@@H](CC(=O)NCCCC(=O)Oc2c(F)c(F)c(F)c(F)c2F)C(=O)N[C@H](Cc2ccc(-c3noc(=O)[nH]3)cc2)C(=O)N2CCCCC2)c(C)c1C. The van der Waals surface area contributed by atoms with Crippen LogP contribution in [0.15, 0.2) is 44.5 Å². The zero-order valence-electron chi connectivity index (χ0n) is 33.9. The summed E-state index contributed by atoms with van der Waals surface area (Å²) in [5.41, 5.74) is 2.09. The average molecular weight is 895 g/mol. The number of hydrogen-bond donors (Lipinski definition) is 4. The second kappa shape index (κ2) is 20.1. The molecule has 334 valence electrons. The number of nitrogens with one attached hydrogen (secondary N) is 4. The molecule has 4 N–H and O–H groups in total. The Morgan fingerprint density at radius 2 is 1.53 bits per heavy atom. The number of aryl methyl sites for hydroxylation is 1. The fourth-order valence-corrected chi connectivity index (χ4v) is 8.56. The lowest BCUT2D eigenvalue weighted by Crippen LogP contribution is -2.56. The lowest BCUT2D eigenvalue weighted by atomic mass is 10.0. The molecule has 2 atom stereocenters. The fraction of sp³-hybridized carbons (Fsp3) is 0.400. The third-order valence-corrected chi connectivity index (χ3v) is 11.9. The molecule has 3 aromatic carbocycles. The van der Waals surface area contributed by atoms with Gasteiger partial charge in [-0.1, -0.05) is 29.4 Å². The molecule has 16 nitrogen and oxygen atoms in total. The van der Waals surface area contributed by atoms with Gasteiger partial charge in [-0.3, -0.25) is 28.7 Å². The normalized spacial score (nSPS) is 13.9. The van der Waals surface area contributed by atoms with E-state index in [1.807, 2.05) is 0 Å². The Bertz CT molecular complexity index is 2480. The molecule has 0 radical (unpaired) electrons. The molecule has 1 fully saturated rings. The van der Waals surface area contributed by atoms with Gasteiger partial charge in [-0.2, -0.15) is 13.5 Å². The van der Waals surface area contributed by atoms with Crippen LogP contribution < -0.4 is 30.6 Å². The van der Waals surface area contributed by atoms with Crippen molar-refractivity contribution in [2.75, 3.05) is 26.7 Å². The molecule has 2 heterocycles. The van der Waals surface area contributed by atoms with Gasteiger partial charge in [-0.05, 0) is 74.8 Å². The number of aromatic nitrogens is 2. The van der Waals surface area contributed by atoms with Crippen molar-refractivity contribution in [3.8, 4) is 22.9 Å². The zero-order valence-corrected chi connectivity index (χ0v) is 34.7. The first-order valence-electron chi connectivity index (χ1n) is 19.2. The molecular formula is C40H43F5N6O10S. The Labute approximate surface area is 351 Å². The van der Waals surface area contributed by atoms with Gasteiger partial charge in [0, 0.05) is 38.0 Å². The first kappa shape index (κ1) is 46.9. The highest BCUT2D eigenvalue weighted by Gasteiger charge is 2.35. The van der Waals surface area contributed by atoms with Gasteiger partial charge in [0.2, 0.25) is 62.6 Å². The molecule has 0 spiro atoms. The topological polar surface area (TPSA) is 219 Å². The summed E-state index contributed by atoms with van der Waals surface area (Å²) in [5.74, 6) is -17.6. The van der Waals surface area contributed by atoms with Crippen LogP contribution in [0.25, 0.3) is 11.4 Å². The summed E-state index contributed by atoms with van der Waals surface area (Å²) < 4.78 is 113. The van der Waals surface area contributed by atoms with Gasteiger partial charge >= 0.3 is 11.7 Å². The molecule has 1 aliphatic heterocycles. The minimum atomic E-state index is -4.59. The Morgan fingerprint density at radius 3 is 2.13 bits per heavy atom. The minimum absolute atomic E-state index is 0.0701. The van der Waals surface area contributed by atoms with Crippen molar-refractivity contribution in [1.82, 2.24) is 30.4 Å². The molecule has 0 unspecified atom stereocenters. The lowest BCUT2D eigenvalue weighted by molar-refractivity contribution is -0.138. The van der Waals surface area contributed by atoms with Gasteiger partial charge in [-0.25, -0.2) is 26.4 Å². The maximum absolute atomic E-state index is 14.2. The molecule has 1 aromatic heterocycles. The van der Waals surface area contributed by atoms with Gasteiger partial charge in [0.25, 0.3) is 0 Å². The van der Waals surface area contributed by atoms with E-state index in [1.165, 1.54) is 27.0 Å². The summed E-state index contributed by atoms with van der Waals surface area (Å²) in [5, 5.41) is 8.69. The predicted octanol–water partition coefficient (Wildman–Crippen LogP) is 3.94. The molecule has 0 saturated carbocycles. The summed E-state index contributed by atoms with van der Waals surface area (Å²) >= 11 is 0. The Balaban J connectivity index is 1.35. The van der Waals surface area contributed by atoms with Crippen molar-refractivity contribution in [2.45, 2.75) is 82.7 Å². The van der Waals surface area contributed by atoms with E-state index in [9.17, 15) is 54.3 Å². The number of halogens is 5. The van der Waals surface area contributed by atoms with Crippen LogP contribution in [0.2, 0.25) is 0 Å². The number of benzene rings is 3. The molecule has 1 saturated heterocycles. The summed E-state index contributed by atoms with van der Waals surface area (Å²) in [6.45, 7) is 5.16. The second-order valence-corrected chi connectivity index (χ2v) is 16.1. The average Bonchev–Trinajstić information content (AvgIpc) is 3.69. The van der Waals surface area contributed by atoms with Crippen LogP contribution in [0.5, 0.6) is 11.5 Å². The van der Waals surface area contributed by atoms with Crippen molar-refractivity contribution < 1.29 is 63.5 Å². The van der Waals surface area contributed by atoms with E-state index < -0.39 is 99.2 Å². The van der Waals surface area contributed by atoms with Crippen LogP contribution in [0.3, 0.4) is 0 Å². The number of methoxy groups -OCH3 is 1. The van der Waals surface area contributed by atoms with E-state index in [4.69, 9.17) is 4.74 Å². The summed E-state index contributed by atoms with van der Waals surface area (Å²) in [6, 6.07) is 4.90. The van der Waals surface area contributed by atoms with Crippen molar-refractivity contribution in [2.24, 2.45) is 0 Å². The highest BCUT2D eigenvalue weighted by atomic mass is 32.2. The summed E-state index contributed by atoms with van der Waals surface area (Å²) in [4.78, 5) is 69.0. The van der Waals surface area contributed by atoms with Gasteiger partial charge < -0.3 is 25.0 Å². The highest BCUT2D eigenvalue weighted by Crippen LogP contribution is 2.31. The molecule has 62 heavy (non-hydrogen) atoms. The molecule has 4 aromatic rings. The number of carbonyl (C=O) groups excluding carboxylic acids is 4. The predicted molar refractivity (Wildman–Crippen MR) is 209 cm³/mol. The fourth-order valence-electron chi connectivity index (χ4n) is 6.83. The van der Waals surface area contributed by atoms with E-state index >= 15 is 0 Å². The van der Waals surface area contributed by atoms with Gasteiger partial charge in [0.05, 0.1) is 18.4 Å². The van der Waals surface area contributed by atoms with Crippen LogP contribution in [0.4, 0.5) is 22.0 Å². The standard InChI is InChI=1S/C40H43F5N6O10S/c1-20-17-27(59-4)21(2)22(3)36(20)62(57,58)50-25(19-28(52)46-14-8-9-29(53)60-35-33(44)31(42)30(41)32(43)34(35)45)38(54)47-26(39(55)51-15-6-5-7-16-51)18-23-10-12-24(13-11-23)37-48-40(56)61-49-37/h10-13,17,25-26,50H,5-9,14-16,18-19H2,1-4H3,(H,46,52)(H,47,54)(H,48,49,56)/t25-,26+/m0/s1. The number of sulfonamides is 1. The lowest BCUT2D eigenvalue weighted by Gasteiger charge is -2.31. The van der Waals surface area contributed by atoms with E-state index in [0.29, 0.717) is 53.9 Å². The number of H-pyrrole nitrogens is 1. The van der Waals surface area contributed by atoms with E-state index in [-0.39, 0.29) is 35.7 Å². The molecular weight excluding hydrogens is 852 g/mol. The van der Waals surface area contributed by atoms with E-state index in [1.54, 1.807) is 36.1 Å².